The molecule has 0 spiro atoms. The third kappa shape index (κ3) is 16.5. The van der Waals surface area contributed by atoms with E-state index in [2.05, 4.69) is 72.5 Å². The van der Waals surface area contributed by atoms with Gasteiger partial charge in [-0.05, 0) is 170 Å². The minimum absolute atomic E-state index is 0.00767. The normalized spacial score (nSPS) is 22.6. The van der Waals surface area contributed by atoms with E-state index in [0.717, 1.165) is 50.3 Å². The number of nitrogens with zero attached hydrogens (tertiary/aromatic N) is 11. The first kappa shape index (κ1) is 77.2. The number of nitrogens with two attached hydrogens (primary N) is 1. The number of aryl methyl sites for hydroxylation is 3. The predicted octanol–water partition coefficient (Wildman–Crippen LogP) is 6.33. The zero-order valence-corrected chi connectivity index (χ0v) is 64.5. The molecule has 7 aromatic heterocycles. The van der Waals surface area contributed by atoms with Crippen LogP contribution in [0.15, 0.2) is 143 Å². The second-order valence-corrected chi connectivity index (χ2v) is 40.3. The first-order chi connectivity index (χ1) is 51.1. The molecule has 0 bridgehead atoms. The summed E-state index contributed by atoms with van der Waals surface area (Å²) in [6.45, 7) is 11.6. The molecule has 6 aliphatic rings. The van der Waals surface area contributed by atoms with Crippen molar-refractivity contribution in [1.29, 1.82) is 0 Å². The Balaban J connectivity index is 0.000000133. The molecule has 6 aliphatic carbocycles. The summed E-state index contributed by atoms with van der Waals surface area (Å²) in [6.07, 6.45) is 16.3. The number of fused-ring (bicyclic) bond motifs is 5. The van der Waals surface area contributed by atoms with Crippen LogP contribution in [0.1, 0.15) is 126 Å². The number of carbonyl (C=O) groups is 2. The number of anilines is 2. The molecule has 10 aromatic rings. The van der Waals surface area contributed by atoms with Gasteiger partial charge in [0.05, 0.1) is 60.5 Å². The predicted molar refractivity (Wildman–Crippen MR) is 401 cm³/mol. The van der Waals surface area contributed by atoms with Gasteiger partial charge in [0.2, 0.25) is 36.0 Å². The monoisotopic (exact) mass is 1600 g/mol. The van der Waals surface area contributed by atoms with Crippen LogP contribution in [0.2, 0.25) is 0 Å². The highest BCUT2D eigenvalue weighted by Gasteiger charge is 2.45. The van der Waals surface area contributed by atoms with E-state index in [1.165, 1.54) is 47.2 Å². The van der Waals surface area contributed by atoms with Crippen molar-refractivity contribution in [1.82, 2.24) is 71.0 Å². The minimum Gasteiger partial charge on any atom is -0.481 e. The summed E-state index contributed by atoms with van der Waals surface area (Å²) in [5.41, 5.74) is 13.3. The molecule has 16 rings (SSSR count). The highest BCUT2D eigenvalue weighted by molar-refractivity contribution is 7.91. The van der Waals surface area contributed by atoms with Crippen LogP contribution in [0.5, 0.6) is 0 Å². The van der Waals surface area contributed by atoms with Gasteiger partial charge in [-0.1, -0.05) is 73.9 Å². The molecule has 0 aliphatic heterocycles. The average molecular weight is 1600 g/mol. The molecule has 33 nitrogen and oxygen atoms in total. The number of carboxylic acid groups (broad SMARTS) is 1. The van der Waals surface area contributed by atoms with Crippen LogP contribution in [0.3, 0.4) is 0 Å². The lowest BCUT2D eigenvalue weighted by molar-refractivity contribution is -0.142. The molecule has 9 unspecified atom stereocenters. The van der Waals surface area contributed by atoms with Gasteiger partial charge in [0.1, 0.15) is 16.9 Å². The van der Waals surface area contributed by atoms with Gasteiger partial charge < -0.3 is 10.5 Å². The average Bonchev–Trinajstić information content (AvgIpc) is 1.58. The van der Waals surface area contributed by atoms with Crippen LogP contribution in [0.4, 0.5) is 11.6 Å². The van der Waals surface area contributed by atoms with Crippen LogP contribution in [-0.2, 0) is 69.7 Å². The Hall–Kier alpha value is -8.93. The SMILES string of the molecule is CC1CC(NS(=O)(=O)C2CC2)CC1C(=O)O.Cc1ccc(S(=O)(=O)n2ccc3c2ncc2nnc(C4CC(NS(=O)(=O)C5CC5)CC4C)n23)cc1.Cc1ccc(S(=O)(=O)n2ccc3nc(NN)cnc32)cc1.Cc1ccc(S(=O)(=O)n2ccc3nc(NNC(=O)C4CC(NS(=O)(=O)C5CC5)CC4C)cnc32)cc1. The van der Waals surface area contributed by atoms with Crippen molar-refractivity contribution < 1.29 is 65.2 Å². The van der Waals surface area contributed by atoms with Gasteiger partial charge in [0.25, 0.3) is 30.1 Å². The molecular weight excluding hydrogens is 1510 g/mol. The number of carbonyl (C=O) groups excluding carboxylic acids is 1. The second-order valence-electron chi connectivity index (χ2n) is 28.9. The molecule has 576 valence electrons. The number of aromatic nitrogens is 11. The van der Waals surface area contributed by atoms with Crippen molar-refractivity contribution in [2.75, 3.05) is 10.9 Å². The fourth-order valence-electron chi connectivity index (χ4n) is 14.1. The summed E-state index contributed by atoms with van der Waals surface area (Å²) in [5, 5.41) is 16.9. The van der Waals surface area contributed by atoms with E-state index in [0.29, 0.717) is 85.2 Å². The van der Waals surface area contributed by atoms with Gasteiger partial charge in [-0.15, -0.1) is 10.2 Å². The largest absolute Gasteiger partial charge is 0.481 e. The number of hydrazine groups is 2. The van der Waals surface area contributed by atoms with E-state index in [4.69, 9.17) is 10.9 Å². The van der Waals surface area contributed by atoms with Crippen LogP contribution >= 0.6 is 0 Å². The van der Waals surface area contributed by atoms with Crippen molar-refractivity contribution in [3.05, 3.63) is 151 Å². The number of hydrogen-bond acceptors (Lipinski definition) is 24. The maximum Gasteiger partial charge on any atom is 0.306 e. The molecule has 0 radical (unpaired) electrons. The van der Waals surface area contributed by atoms with E-state index in [9.17, 15) is 60.1 Å². The fraction of sp³-hybridized carbons (Fsp3) is 0.435. The third-order valence-electron chi connectivity index (χ3n) is 20.5. The molecule has 9 atom stereocenters. The van der Waals surface area contributed by atoms with Crippen molar-refractivity contribution >= 4 is 123 Å². The summed E-state index contributed by atoms with van der Waals surface area (Å²) in [7, 11) is -21.1. The lowest BCUT2D eigenvalue weighted by Crippen LogP contribution is -2.38. The Morgan fingerprint density at radius 2 is 0.852 bits per heavy atom. The number of rotatable bonds is 21. The van der Waals surface area contributed by atoms with E-state index in [-0.39, 0.29) is 107 Å². The molecule has 6 saturated carbocycles. The molecule has 3 aromatic carbocycles. The topological polar surface area (TPSA) is 467 Å². The maximum atomic E-state index is 13.3. The van der Waals surface area contributed by atoms with Gasteiger partial charge in [-0.25, -0.2) is 107 Å². The molecule has 39 heteroatoms. The number of nitrogen functional groups attached to an aromatic ring is 1. The van der Waals surface area contributed by atoms with Gasteiger partial charge in [-0.3, -0.25) is 24.8 Å². The zero-order valence-electron chi connectivity index (χ0n) is 59.6. The molecule has 6 fully saturated rings. The lowest BCUT2D eigenvalue weighted by atomic mass is 9.97. The highest BCUT2D eigenvalue weighted by atomic mass is 32.2. The maximum absolute atomic E-state index is 13.3. The van der Waals surface area contributed by atoms with Gasteiger partial charge in [0.15, 0.2) is 34.2 Å². The minimum atomic E-state index is -3.84. The number of carboxylic acids is 1. The summed E-state index contributed by atoms with van der Waals surface area (Å²) in [4.78, 5) is 45.5. The molecule has 7 heterocycles. The molecule has 0 saturated heterocycles. The summed E-state index contributed by atoms with van der Waals surface area (Å²) >= 11 is 0. The Morgan fingerprint density at radius 3 is 1.29 bits per heavy atom. The first-order valence-corrected chi connectivity index (χ1v) is 44.2. The van der Waals surface area contributed by atoms with Gasteiger partial charge >= 0.3 is 5.97 Å². The van der Waals surface area contributed by atoms with E-state index >= 15 is 0 Å². The summed E-state index contributed by atoms with van der Waals surface area (Å²) < 4.78 is 164. The van der Waals surface area contributed by atoms with E-state index in [1.807, 2.05) is 39.0 Å². The third-order valence-corrected chi connectivity index (χ3v) is 31.6. The number of hydrogen-bond donors (Lipinski definition) is 8. The van der Waals surface area contributed by atoms with Crippen molar-refractivity contribution in [2.24, 2.45) is 35.4 Å². The Labute approximate surface area is 625 Å². The number of amides is 1. The molecule has 9 N–H and O–H groups in total. The van der Waals surface area contributed by atoms with Crippen LogP contribution in [0, 0.1) is 50.4 Å². The van der Waals surface area contributed by atoms with Gasteiger partial charge in [-0.2, -0.15) is 0 Å². The number of benzene rings is 3. The van der Waals surface area contributed by atoms with E-state index < -0.39 is 72.0 Å². The quantitative estimate of drug-likeness (QED) is 0.0287. The summed E-state index contributed by atoms with van der Waals surface area (Å²) in [5.74, 6) is 4.92. The van der Waals surface area contributed by atoms with Crippen LogP contribution in [-0.4, -0.2) is 153 Å². The Kier molecular flexibility index (Phi) is 21.6. The molecule has 108 heavy (non-hydrogen) atoms. The van der Waals surface area contributed by atoms with Crippen LogP contribution < -0.4 is 36.3 Å². The second kappa shape index (κ2) is 30.1. The number of aliphatic carboxylic acids is 1. The smallest absolute Gasteiger partial charge is 0.306 e. The van der Waals surface area contributed by atoms with Gasteiger partial charge in [0, 0.05) is 48.6 Å². The molecule has 1 amide bonds. The van der Waals surface area contributed by atoms with Crippen molar-refractivity contribution in [3.63, 3.8) is 0 Å². The lowest BCUT2D eigenvalue weighted by Gasteiger charge is -2.16. The number of nitrogens with one attached hydrogen (secondary N) is 6. The standard InChI is InChI=1S/C23H28N6O5S2.C23H26N6O4S2.C13H13N5O2S.C10H17NO4S/c1-14-3-5-18(6-4-14)36(33,34)29-10-9-20-22(29)24-13-21(25-20)26-27-23(30)19-12-16(11-15(19)2)28-35(31,32)17-7-8-17;1-14-3-5-18(6-4-14)35(32,33)28-10-9-20-23(28)24-13-21-25-26-22(29(20)21)19-12-16(11-15(19)2)27-34(30,31)17-7-8-17;1-9-2-4-10(5-3-9)21(19,20)18-7-6-11-13(18)15-8-12(16-11)17-14;1-6-4-7(5-9(6)10(12)13)11-16(14,15)8-2-3-8/h3-6,9-10,13,15-17,19,28H,7-8,11-12H2,1-2H3,(H,25,26)(H,27,30);3-6,9-10,13,15-17,19,27H,7-8,11-12H2,1-2H3;2-8H,14H2,1H3,(H,16,17);6-9,11H,2-5H2,1H3,(H,12,13). The van der Waals surface area contributed by atoms with Crippen molar-refractivity contribution in [2.45, 2.75) is 173 Å². The Morgan fingerprint density at radius 1 is 0.463 bits per heavy atom. The summed E-state index contributed by atoms with van der Waals surface area (Å²) in [6, 6.07) is 24.1. The fourth-order valence-corrected chi connectivity index (χ4v) is 22.8. The first-order valence-electron chi connectivity index (χ1n) is 35.3. The highest BCUT2D eigenvalue weighted by Crippen LogP contribution is 2.42. The van der Waals surface area contributed by atoms with Crippen molar-refractivity contribution in [3.8, 4) is 0 Å². The number of sulfonamides is 3. The van der Waals surface area contributed by atoms with Crippen LogP contribution in [0.25, 0.3) is 39.1 Å². The molecular formula is C69H84N18O15S6. The van der Waals surface area contributed by atoms with E-state index in [1.54, 1.807) is 84.9 Å². The Bertz CT molecular complexity index is 5790. The zero-order chi connectivity index (χ0) is 77.2.